The first kappa shape index (κ1) is 11.6. The van der Waals surface area contributed by atoms with E-state index in [-0.39, 0.29) is 5.75 Å². The number of hydrogen-bond acceptors (Lipinski definition) is 3. The number of aromatic hydroxyl groups is 1. The fourth-order valence-electron chi connectivity index (χ4n) is 0.832. The number of hydrogen-bond donors (Lipinski definition) is 1. The van der Waals surface area contributed by atoms with Gasteiger partial charge in [0.05, 0.1) is 14.2 Å². The number of phenolic OH excluding ortho intramolecular Hbond substituents is 1. The molecule has 1 N–H and O–H groups in total. The molecule has 0 unspecified atom stereocenters. The van der Waals surface area contributed by atoms with Crippen LogP contribution < -0.4 is 9.47 Å². The molecule has 0 saturated carbocycles. The van der Waals surface area contributed by atoms with Gasteiger partial charge in [0.15, 0.2) is 11.5 Å². The van der Waals surface area contributed by atoms with Crippen molar-refractivity contribution in [2.45, 2.75) is 13.8 Å². The molecule has 1 aromatic carbocycles. The van der Waals surface area contributed by atoms with Crippen molar-refractivity contribution in [3.05, 3.63) is 18.2 Å². The lowest BCUT2D eigenvalue weighted by molar-refractivity contribution is 0.340. The summed E-state index contributed by atoms with van der Waals surface area (Å²) < 4.78 is 9.71. The number of benzene rings is 1. The molecule has 0 atom stereocenters. The van der Waals surface area contributed by atoms with Crippen molar-refractivity contribution in [3.63, 3.8) is 0 Å². The van der Waals surface area contributed by atoms with E-state index in [0.717, 1.165) is 0 Å². The van der Waals surface area contributed by atoms with Crippen LogP contribution in [0.4, 0.5) is 0 Å². The van der Waals surface area contributed by atoms with Gasteiger partial charge in [-0.05, 0) is 12.1 Å². The number of methoxy groups -OCH3 is 2. The van der Waals surface area contributed by atoms with Crippen LogP contribution in [0.5, 0.6) is 17.2 Å². The lowest BCUT2D eigenvalue weighted by Gasteiger charge is -2.06. The topological polar surface area (TPSA) is 38.7 Å². The zero-order chi connectivity index (χ0) is 10.3. The Balaban J connectivity index is 0.000000671. The summed E-state index contributed by atoms with van der Waals surface area (Å²) in [4.78, 5) is 0. The number of para-hydroxylation sites is 1. The maximum atomic E-state index is 9.34. The smallest absolute Gasteiger partial charge is 0.200 e. The third kappa shape index (κ3) is 2.86. The highest BCUT2D eigenvalue weighted by Crippen LogP contribution is 2.34. The van der Waals surface area contributed by atoms with Crippen LogP contribution in [0.25, 0.3) is 0 Å². The van der Waals surface area contributed by atoms with E-state index in [0.29, 0.717) is 11.5 Å². The molecule has 3 heteroatoms. The predicted molar refractivity (Wildman–Crippen MR) is 52.6 cm³/mol. The van der Waals surface area contributed by atoms with E-state index < -0.39 is 0 Å². The SMILES string of the molecule is CC.COc1cccc(OC)c1O. The highest BCUT2D eigenvalue weighted by molar-refractivity contribution is 5.49. The van der Waals surface area contributed by atoms with Crippen molar-refractivity contribution in [1.82, 2.24) is 0 Å². The standard InChI is InChI=1S/C8H10O3.C2H6/c1-10-6-4-3-5-7(11-2)8(6)9;1-2/h3-5,9H,1-2H3;1-2H3. The van der Waals surface area contributed by atoms with Gasteiger partial charge in [0.1, 0.15) is 0 Å². The van der Waals surface area contributed by atoms with Crippen LogP contribution in [0, 0.1) is 0 Å². The monoisotopic (exact) mass is 184 g/mol. The molecule has 74 valence electrons. The summed E-state index contributed by atoms with van der Waals surface area (Å²) >= 11 is 0. The Morgan fingerprint density at radius 1 is 1.00 bits per heavy atom. The quantitative estimate of drug-likeness (QED) is 0.767. The summed E-state index contributed by atoms with van der Waals surface area (Å²) in [5.74, 6) is 0.881. The second-order valence-corrected chi connectivity index (χ2v) is 2.01. The van der Waals surface area contributed by atoms with Crippen LogP contribution in [0.3, 0.4) is 0 Å². The normalized spacial score (nSPS) is 8.31. The van der Waals surface area contributed by atoms with Gasteiger partial charge in [0.25, 0.3) is 0 Å². The highest BCUT2D eigenvalue weighted by atomic mass is 16.5. The first-order valence-corrected chi connectivity index (χ1v) is 4.19. The van der Waals surface area contributed by atoms with E-state index >= 15 is 0 Å². The van der Waals surface area contributed by atoms with Crippen LogP contribution in [-0.2, 0) is 0 Å². The molecule has 0 aliphatic heterocycles. The number of phenols is 1. The molecule has 0 aliphatic rings. The zero-order valence-corrected chi connectivity index (χ0v) is 8.50. The van der Waals surface area contributed by atoms with E-state index in [9.17, 15) is 5.11 Å². The van der Waals surface area contributed by atoms with Gasteiger partial charge in [-0.2, -0.15) is 0 Å². The molecule has 13 heavy (non-hydrogen) atoms. The molecule has 0 aliphatic carbocycles. The van der Waals surface area contributed by atoms with Crippen molar-refractivity contribution in [1.29, 1.82) is 0 Å². The predicted octanol–water partition coefficient (Wildman–Crippen LogP) is 2.44. The Hall–Kier alpha value is -1.38. The molecule has 0 saturated heterocycles. The summed E-state index contributed by atoms with van der Waals surface area (Å²) in [6, 6.07) is 5.08. The molecule has 0 amide bonds. The third-order valence-corrected chi connectivity index (χ3v) is 1.40. The zero-order valence-electron chi connectivity index (χ0n) is 8.50. The van der Waals surface area contributed by atoms with Crippen molar-refractivity contribution < 1.29 is 14.6 Å². The average Bonchev–Trinajstić information content (AvgIpc) is 2.21. The molecule has 1 rings (SSSR count). The third-order valence-electron chi connectivity index (χ3n) is 1.40. The molecule has 0 spiro atoms. The Morgan fingerprint density at radius 2 is 1.38 bits per heavy atom. The fourth-order valence-corrected chi connectivity index (χ4v) is 0.832. The van der Waals surface area contributed by atoms with Crippen LogP contribution >= 0.6 is 0 Å². The molecule has 0 aromatic heterocycles. The van der Waals surface area contributed by atoms with E-state index in [1.807, 2.05) is 13.8 Å². The van der Waals surface area contributed by atoms with Crippen LogP contribution in [-0.4, -0.2) is 19.3 Å². The van der Waals surface area contributed by atoms with Crippen molar-refractivity contribution in [3.8, 4) is 17.2 Å². The molecule has 0 fully saturated rings. The fraction of sp³-hybridized carbons (Fsp3) is 0.400. The molecule has 0 radical (unpaired) electrons. The van der Waals surface area contributed by atoms with Crippen LogP contribution in [0.15, 0.2) is 18.2 Å². The van der Waals surface area contributed by atoms with Gasteiger partial charge in [0, 0.05) is 0 Å². The first-order valence-electron chi connectivity index (χ1n) is 4.19. The summed E-state index contributed by atoms with van der Waals surface area (Å²) in [6.45, 7) is 4.00. The maximum Gasteiger partial charge on any atom is 0.200 e. The lowest BCUT2D eigenvalue weighted by atomic mass is 10.3. The first-order chi connectivity index (χ1) is 6.29. The molecule has 0 heterocycles. The minimum atomic E-state index is 0.0394. The average molecular weight is 184 g/mol. The minimum Gasteiger partial charge on any atom is -0.502 e. The van der Waals surface area contributed by atoms with Gasteiger partial charge in [-0.3, -0.25) is 0 Å². The van der Waals surface area contributed by atoms with Gasteiger partial charge in [-0.1, -0.05) is 19.9 Å². The van der Waals surface area contributed by atoms with Gasteiger partial charge in [-0.25, -0.2) is 0 Å². The Labute approximate surface area is 78.9 Å². The van der Waals surface area contributed by atoms with Crippen molar-refractivity contribution in [2.24, 2.45) is 0 Å². The second-order valence-electron chi connectivity index (χ2n) is 2.01. The highest BCUT2D eigenvalue weighted by Gasteiger charge is 2.05. The molecular formula is C10H16O3. The number of ether oxygens (including phenoxy) is 2. The van der Waals surface area contributed by atoms with Crippen molar-refractivity contribution >= 4 is 0 Å². The maximum absolute atomic E-state index is 9.34. The van der Waals surface area contributed by atoms with Gasteiger partial charge >= 0.3 is 0 Å². The van der Waals surface area contributed by atoms with Crippen molar-refractivity contribution in [2.75, 3.05) is 14.2 Å². The summed E-state index contributed by atoms with van der Waals surface area (Å²) in [7, 11) is 2.99. The van der Waals surface area contributed by atoms with E-state index in [4.69, 9.17) is 9.47 Å². The summed E-state index contributed by atoms with van der Waals surface area (Å²) in [6.07, 6.45) is 0. The largest absolute Gasteiger partial charge is 0.502 e. The summed E-state index contributed by atoms with van der Waals surface area (Å²) in [5.41, 5.74) is 0. The second kappa shape index (κ2) is 6.17. The molecule has 0 bridgehead atoms. The lowest BCUT2D eigenvalue weighted by Crippen LogP contribution is -1.87. The Bertz CT molecular complexity index is 224. The van der Waals surface area contributed by atoms with Gasteiger partial charge in [-0.15, -0.1) is 0 Å². The van der Waals surface area contributed by atoms with E-state index in [2.05, 4.69) is 0 Å². The molecular weight excluding hydrogens is 168 g/mol. The summed E-state index contributed by atoms with van der Waals surface area (Å²) in [5, 5.41) is 9.34. The van der Waals surface area contributed by atoms with Crippen LogP contribution in [0.2, 0.25) is 0 Å². The van der Waals surface area contributed by atoms with E-state index in [1.54, 1.807) is 18.2 Å². The van der Waals surface area contributed by atoms with E-state index in [1.165, 1.54) is 14.2 Å². The number of rotatable bonds is 2. The Kier molecular flexibility index (Phi) is 5.52. The molecule has 1 aromatic rings. The van der Waals surface area contributed by atoms with Gasteiger partial charge < -0.3 is 14.6 Å². The van der Waals surface area contributed by atoms with Gasteiger partial charge in [0.2, 0.25) is 5.75 Å². The molecule has 3 nitrogen and oxygen atoms in total. The van der Waals surface area contributed by atoms with Crippen LogP contribution in [0.1, 0.15) is 13.8 Å². The Morgan fingerprint density at radius 3 is 1.69 bits per heavy atom. The minimum absolute atomic E-state index is 0.0394.